The average Bonchev–Trinajstić information content (AvgIpc) is 2.65. The summed E-state index contributed by atoms with van der Waals surface area (Å²) in [4.78, 5) is 0. The zero-order chi connectivity index (χ0) is 17.0. The van der Waals surface area contributed by atoms with Gasteiger partial charge in [-0.2, -0.15) is 5.26 Å². The second-order valence-corrected chi connectivity index (χ2v) is 11.4. The Bertz CT molecular complexity index is 421. The van der Waals surface area contributed by atoms with Crippen LogP contribution < -0.4 is 0 Å². The minimum atomic E-state index is -1.13. The van der Waals surface area contributed by atoms with E-state index in [1.807, 2.05) is 21.6 Å². The Labute approximate surface area is 150 Å². The van der Waals surface area contributed by atoms with E-state index in [-0.39, 0.29) is 10.9 Å². The minimum Gasteiger partial charge on any atom is -0.321 e. The summed E-state index contributed by atoms with van der Waals surface area (Å²) in [6.45, 7) is 11.5. The highest BCUT2D eigenvalue weighted by Gasteiger charge is 2.52. The SMILES string of the molecule is CC(C)N(C(C)C)P(OCCC#N)OC1C2CCCC1(C)SS2. The van der Waals surface area contributed by atoms with Crippen LogP contribution in [0.4, 0.5) is 0 Å². The van der Waals surface area contributed by atoms with E-state index < -0.39 is 8.53 Å². The highest BCUT2D eigenvalue weighted by Crippen LogP contribution is 2.62. The van der Waals surface area contributed by atoms with Crippen LogP contribution in [-0.2, 0) is 9.05 Å². The molecule has 0 spiro atoms. The van der Waals surface area contributed by atoms with Crippen molar-refractivity contribution in [1.29, 1.82) is 5.26 Å². The highest BCUT2D eigenvalue weighted by molar-refractivity contribution is 8.78. The van der Waals surface area contributed by atoms with Crippen molar-refractivity contribution in [1.82, 2.24) is 4.67 Å². The van der Waals surface area contributed by atoms with Gasteiger partial charge in [0.05, 0.1) is 29.9 Å². The molecule has 7 heteroatoms. The van der Waals surface area contributed by atoms with Crippen molar-refractivity contribution in [3.63, 3.8) is 0 Å². The van der Waals surface area contributed by atoms with Gasteiger partial charge < -0.3 is 9.05 Å². The lowest BCUT2D eigenvalue weighted by Crippen LogP contribution is -2.44. The van der Waals surface area contributed by atoms with Crippen LogP contribution in [0.25, 0.3) is 0 Å². The lowest BCUT2D eigenvalue weighted by Gasteiger charge is -2.42. The Balaban J connectivity index is 2.12. The maximum atomic E-state index is 8.81. The molecular formula is C16H29N2O2PS2. The zero-order valence-corrected chi connectivity index (χ0v) is 17.3. The van der Waals surface area contributed by atoms with Crippen LogP contribution in [0.3, 0.4) is 0 Å². The van der Waals surface area contributed by atoms with Crippen molar-refractivity contribution in [2.75, 3.05) is 6.61 Å². The van der Waals surface area contributed by atoms with Crippen molar-refractivity contribution < 1.29 is 9.05 Å². The Morgan fingerprint density at radius 3 is 2.61 bits per heavy atom. The standard InChI is InChI=1S/C16H29N2O2PS2/c1-12(2)18(13(3)4)21(19-11-7-10-17)20-15-14-8-6-9-16(15,5)23-22-14/h12-15H,6-9,11H2,1-5H3. The summed E-state index contributed by atoms with van der Waals surface area (Å²) in [5.74, 6) is 0. The predicted octanol–water partition coefficient (Wildman–Crippen LogP) is 5.35. The first-order valence-corrected chi connectivity index (χ1v) is 11.8. The van der Waals surface area contributed by atoms with Crippen molar-refractivity contribution in [3.8, 4) is 6.07 Å². The molecule has 1 saturated carbocycles. The normalized spacial score (nSPS) is 31.8. The quantitative estimate of drug-likeness (QED) is 0.323. The summed E-state index contributed by atoms with van der Waals surface area (Å²) in [5.41, 5.74) is 0. The van der Waals surface area contributed by atoms with Crippen LogP contribution in [0.5, 0.6) is 0 Å². The molecule has 2 fully saturated rings. The van der Waals surface area contributed by atoms with Crippen LogP contribution in [0.15, 0.2) is 0 Å². The smallest absolute Gasteiger partial charge is 0.259 e. The number of rotatable bonds is 8. The van der Waals surface area contributed by atoms with Crippen LogP contribution in [-0.4, -0.2) is 39.5 Å². The average molecular weight is 377 g/mol. The summed E-state index contributed by atoms with van der Waals surface area (Å²) in [6.07, 6.45) is 4.42. The molecule has 0 N–H and O–H groups in total. The lowest BCUT2D eigenvalue weighted by atomic mass is 9.87. The van der Waals surface area contributed by atoms with Gasteiger partial charge in [-0.25, -0.2) is 4.67 Å². The molecule has 132 valence electrons. The number of nitriles is 1. The zero-order valence-electron chi connectivity index (χ0n) is 14.8. The minimum absolute atomic E-state index is 0.201. The van der Waals surface area contributed by atoms with E-state index in [9.17, 15) is 0 Å². The fourth-order valence-corrected chi connectivity index (χ4v) is 9.14. The maximum Gasteiger partial charge on any atom is 0.259 e. The van der Waals surface area contributed by atoms with Crippen molar-refractivity contribution in [2.45, 2.75) is 88.5 Å². The lowest BCUT2D eigenvalue weighted by molar-refractivity contribution is 0.0939. The van der Waals surface area contributed by atoms with E-state index in [0.717, 1.165) is 0 Å². The third-order valence-corrected chi connectivity index (χ3v) is 10.3. The maximum absolute atomic E-state index is 8.81. The Morgan fingerprint density at radius 1 is 1.35 bits per heavy atom. The Kier molecular flexibility index (Phi) is 7.53. The molecule has 4 unspecified atom stereocenters. The summed E-state index contributed by atoms with van der Waals surface area (Å²) < 4.78 is 15.2. The molecule has 4 nitrogen and oxygen atoms in total. The van der Waals surface area contributed by atoms with Gasteiger partial charge >= 0.3 is 0 Å². The molecule has 0 amide bonds. The number of fused-ring (bicyclic) bond motifs is 2. The summed E-state index contributed by atoms with van der Waals surface area (Å²) >= 11 is 0. The topological polar surface area (TPSA) is 45.5 Å². The number of nitrogens with zero attached hydrogens (tertiary/aromatic N) is 2. The predicted molar refractivity (Wildman–Crippen MR) is 101 cm³/mol. The largest absolute Gasteiger partial charge is 0.321 e. The molecule has 1 aliphatic heterocycles. The van der Waals surface area contributed by atoms with Gasteiger partial charge in [-0.3, -0.25) is 0 Å². The van der Waals surface area contributed by atoms with Gasteiger partial charge in [0.15, 0.2) is 0 Å². The molecule has 0 aromatic carbocycles. The van der Waals surface area contributed by atoms with Crippen LogP contribution >= 0.6 is 30.1 Å². The van der Waals surface area contributed by atoms with Gasteiger partial charge in [0, 0.05) is 17.3 Å². The summed E-state index contributed by atoms with van der Waals surface area (Å²) in [6, 6.07) is 2.88. The molecule has 0 aromatic heterocycles. The molecular weight excluding hydrogens is 347 g/mol. The third-order valence-electron chi connectivity index (χ3n) is 4.33. The van der Waals surface area contributed by atoms with Gasteiger partial charge in [0.25, 0.3) is 8.53 Å². The second-order valence-electron chi connectivity index (χ2n) is 7.00. The van der Waals surface area contributed by atoms with Gasteiger partial charge in [0.2, 0.25) is 0 Å². The second kappa shape index (κ2) is 8.74. The van der Waals surface area contributed by atoms with E-state index in [2.05, 4.69) is 45.4 Å². The van der Waals surface area contributed by atoms with E-state index in [0.29, 0.717) is 30.4 Å². The van der Waals surface area contributed by atoms with Crippen molar-refractivity contribution >= 4 is 30.1 Å². The van der Waals surface area contributed by atoms with Gasteiger partial charge in [-0.15, -0.1) is 0 Å². The molecule has 1 saturated heterocycles. The molecule has 2 rings (SSSR count). The Hall–Kier alpha value is 0.500. The molecule has 1 heterocycles. The van der Waals surface area contributed by atoms with Crippen molar-refractivity contribution in [2.24, 2.45) is 0 Å². The molecule has 2 bridgehead atoms. The summed E-state index contributed by atoms with van der Waals surface area (Å²) in [5, 5.41) is 9.38. The van der Waals surface area contributed by atoms with E-state index in [1.165, 1.54) is 19.3 Å². The number of hydrogen-bond donors (Lipinski definition) is 0. The molecule has 1 aliphatic carbocycles. The first-order valence-electron chi connectivity index (χ1n) is 8.48. The molecule has 0 aromatic rings. The molecule has 23 heavy (non-hydrogen) atoms. The fourth-order valence-electron chi connectivity index (χ4n) is 3.27. The van der Waals surface area contributed by atoms with Gasteiger partial charge in [-0.1, -0.05) is 28.0 Å². The third kappa shape index (κ3) is 4.77. The first-order chi connectivity index (χ1) is 10.9. The van der Waals surface area contributed by atoms with Crippen LogP contribution in [0.1, 0.15) is 60.3 Å². The van der Waals surface area contributed by atoms with E-state index in [4.69, 9.17) is 14.3 Å². The van der Waals surface area contributed by atoms with Crippen LogP contribution in [0.2, 0.25) is 0 Å². The molecule has 0 radical (unpaired) electrons. The van der Waals surface area contributed by atoms with Crippen LogP contribution in [0, 0.1) is 11.3 Å². The number of hydrogen-bond acceptors (Lipinski definition) is 6. The first kappa shape index (κ1) is 19.8. The molecule has 4 atom stereocenters. The van der Waals surface area contributed by atoms with Gasteiger partial charge in [-0.05, 0) is 47.5 Å². The Morgan fingerprint density at radius 2 is 2.04 bits per heavy atom. The van der Waals surface area contributed by atoms with E-state index >= 15 is 0 Å². The monoisotopic (exact) mass is 376 g/mol. The van der Waals surface area contributed by atoms with Gasteiger partial charge in [0.1, 0.15) is 0 Å². The fraction of sp³-hybridized carbons (Fsp3) is 0.938. The van der Waals surface area contributed by atoms with Crippen molar-refractivity contribution in [3.05, 3.63) is 0 Å². The highest BCUT2D eigenvalue weighted by atomic mass is 33.1. The summed E-state index contributed by atoms with van der Waals surface area (Å²) in [7, 11) is 2.87. The van der Waals surface area contributed by atoms with E-state index in [1.54, 1.807) is 0 Å². The molecule has 2 aliphatic rings.